The molecule has 0 aromatic heterocycles. The summed E-state index contributed by atoms with van der Waals surface area (Å²) >= 11 is 0. The molecule has 4 nitrogen and oxygen atoms in total. The Bertz CT molecular complexity index is 607. The number of benzene rings is 2. The molecule has 1 atom stereocenters. The Morgan fingerprint density at radius 1 is 1.10 bits per heavy atom. The van der Waals surface area contributed by atoms with Gasteiger partial charge in [-0.3, -0.25) is 4.79 Å². The van der Waals surface area contributed by atoms with Gasteiger partial charge in [0.05, 0.1) is 19.8 Å². The van der Waals surface area contributed by atoms with Crippen LogP contribution < -0.4 is 9.47 Å². The molecule has 0 saturated heterocycles. The van der Waals surface area contributed by atoms with Crippen LogP contribution in [0.4, 0.5) is 0 Å². The van der Waals surface area contributed by atoms with Crippen molar-refractivity contribution in [2.24, 2.45) is 0 Å². The van der Waals surface area contributed by atoms with Gasteiger partial charge in [-0.05, 0) is 23.8 Å². The number of carbonyl (C=O) groups excluding carboxylic acids is 1. The summed E-state index contributed by atoms with van der Waals surface area (Å²) in [5.74, 6) is 0.591. The molecular formula is C17H18O4. The van der Waals surface area contributed by atoms with Crippen molar-refractivity contribution in [1.82, 2.24) is 0 Å². The maximum atomic E-state index is 12.4. The highest BCUT2D eigenvalue weighted by molar-refractivity contribution is 6.02. The van der Waals surface area contributed by atoms with Crippen LogP contribution in [0.3, 0.4) is 0 Å². The van der Waals surface area contributed by atoms with E-state index in [4.69, 9.17) is 9.47 Å². The number of carbonyl (C=O) groups is 1. The van der Waals surface area contributed by atoms with E-state index in [1.807, 2.05) is 30.3 Å². The van der Waals surface area contributed by atoms with E-state index in [1.165, 1.54) is 14.2 Å². The summed E-state index contributed by atoms with van der Waals surface area (Å²) in [7, 11) is 3.01. The molecular weight excluding hydrogens is 268 g/mol. The quantitative estimate of drug-likeness (QED) is 0.829. The average Bonchev–Trinajstić information content (AvgIpc) is 2.54. The van der Waals surface area contributed by atoms with E-state index in [0.29, 0.717) is 17.1 Å². The molecule has 0 saturated carbocycles. The molecule has 0 aliphatic carbocycles. The summed E-state index contributed by atoms with van der Waals surface area (Å²) in [5, 5.41) is 10.2. The third-order valence-electron chi connectivity index (χ3n) is 3.25. The van der Waals surface area contributed by atoms with Gasteiger partial charge in [-0.15, -0.1) is 0 Å². The zero-order valence-corrected chi connectivity index (χ0v) is 12.1. The van der Waals surface area contributed by atoms with Crippen molar-refractivity contribution in [1.29, 1.82) is 0 Å². The van der Waals surface area contributed by atoms with Gasteiger partial charge in [-0.2, -0.15) is 0 Å². The fraction of sp³-hybridized carbons (Fsp3) is 0.235. The number of rotatable bonds is 6. The zero-order valence-electron chi connectivity index (χ0n) is 12.1. The second-order valence-electron chi connectivity index (χ2n) is 4.64. The summed E-state index contributed by atoms with van der Waals surface area (Å²) in [6.45, 7) is 0. The molecule has 2 aromatic carbocycles. The Kier molecular flexibility index (Phi) is 4.95. The van der Waals surface area contributed by atoms with Gasteiger partial charge < -0.3 is 14.6 Å². The minimum atomic E-state index is -1.12. The molecule has 0 fully saturated rings. The molecule has 0 aliphatic heterocycles. The van der Waals surface area contributed by atoms with Crippen molar-refractivity contribution in [2.75, 3.05) is 14.2 Å². The smallest absolute Gasteiger partial charge is 0.195 e. The lowest BCUT2D eigenvalue weighted by Crippen LogP contribution is -2.23. The summed E-state index contributed by atoms with van der Waals surface area (Å²) < 4.78 is 10.3. The van der Waals surface area contributed by atoms with Gasteiger partial charge in [0.1, 0.15) is 17.6 Å². The van der Waals surface area contributed by atoms with Crippen LogP contribution in [0.25, 0.3) is 0 Å². The molecule has 1 N–H and O–H groups in total. The molecule has 0 spiro atoms. The Hall–Kier alpha value is -2.33. The van der Waals surface area contributed by atoms with Crippen LogP contribution in [0.1, 0.15) is 15.9 Å². The number of methoxy groups -OCH3 is 2. The first-order valence-corrected chi connectivity index (χ1v) is 6.64. The maximum Gasteiger partial charge on any atom is 0.195 e. The number of hydrogen-bond donors (Lipinski definition) is 1. The minimum Gasteiger partial charge on any atom is -0.497 e. The monoisotopic (exact) mass is 286 g/mol. The zero-order chi connectivity index (χ0) is 15.2. The van der Waals surface area contributed by atoms with E-state index in [0.717, 1.165) is 5.56 Å². The van der Waals surface area contributed by atoms with Crippen LogP contribution in [0.2, 0.25) is 0 Å². The highest BCUT2D eigenvalue weighted by atomic mass is 16.5. The number of ketones is 1. The summed E-state index contributed by atoms with van der Waals surface area (Å²) in [6.07, 6.45) is -0.853. The third kappa shape index (κ3) is 3.61. The van der Waals surface area contributed by atoms with Crippen molar-refractivity contribution in [3.63, 3.8) is 0 Å². The van der Waals surface area contributed by atoms with Gasteiger partial charge in [-0.1, -0.05) is 30.3 Å². The Balaban J connectivity index is 2.22. The predicted octanol–water partition coefficient (Wildman–Crippen LogP) is 2.49. The third-order valence-corrected chi connectivity index (χ3v) is 3.25. The first kappa shape index (κ1) is 15.1. The fourth-order valence-corrected chi connectivity index (χ4v) is 2.12. The molecule has 0 radical (unpaired) electrons. The van der Waals surface area contributed by atoms with Crippen molar-refractivity contribution in [3.05, 3.63) is 59.7 Å². The largest absolute Gasteiger partial charge is 0.497 e. The van der Waals surface area contributed by atoms with E-state index in [1.54, 1.807) is 18.2 Å². The maximum absolute atomic E-state index is 12.4. The molecule has 0 amide bonds. The van der Waals surface area contributed by atoms with Crippen LogP contribution in [-0.2, 0) is 6.42 Å². The van der Waals surface area contributed by atoms with Gasteiger partial charge in [0.2, 0.25) is 0 Å². The van der Waals surface area contributed by atoms with Crippen LogP contribution in [0.15, 0.2) is 48.5 Å². The van der Waals surface area contributed by atoms with Gasteiger partial charge >= 0.3 is 0 Å². The topological polar surface area (TPSA) is 55.8 Å². The van der Waals surface area contributed by atoms with E-state index >= 15 is 0 Å². The van der Waals surface area contributed by atoms with Crippen molar-refractivity contribution < 1.29 is 19.4 Å². The van der Waals surface area contributed by atoms with Crippen LogP contribution >= 0.6 is 0 Å². The highest BCUT2D eigenvalue weighted by Gasteiger charge is 2.21. The Labute approximate surface area is 123 Å². The van der Waals surface area contributed by atoms with E-state index < -0.39 is 6.10 Å². The summed E-state index contributed by atoms with van der Waals surface area (Å²) in [6, 6.07) is 14.3. The average molecular weight is 286 g/mol. The number of hydrogen-bond acceptors (Lipinski definition) is 4. The molecule has 0 aliphatic rings. The molecule has 4 heteroatoms. The minimum absolute atomic E-state index is 0.264. The van der Waals surface area contributed by atoms with Gasteiger partial charge in [0, 0.05) is 6.42 Å². The molecule has 2 aromatic rings. The van der Waals surface area contributed by atoms with E-state index in [9.17, 15) is 9.90 Å². The lowest BCUT2D eigenvalue weighted by Gasteiger charge is -2.13. The number of ether oxygens (including phenoxy) is 2. The molecule has 0 heterocycles. The first-order valence-electron chi connectivity index (χ1n) is 6.64. The summed E-state index contributed by atoms with van der Waals surface area (Å²) in [4.78, 5) is 12.4. The normalized spacial score (nSPS) is 11.8. The number of aliphatic hydroxyl groups is 1. The Morgan fingerprint density at radius 3 is 2.43 bits per heavy atom. The molecule has 2 rings (SSSR count). The van der Waals surface area contributed by atoms with Gasteiger partial charge in [0.25, 0.3) is 0 Å². The van der Waals surface area contributed by atoms with E-state index in [-0.39, 0.29) is 12.2 Å². The van der Waals surface area contributed by atoms with Crippen LogP contribution in [0.5, 0.6) is 11.5 Å². The van der Waals surface area contributed by atoms with Crippen molar-refractivity contribution >= 4 is 5.78 Å². The van der Waals surface area contributed by atoms with Gasteiger partial charge in [0.15, 0.2) is 5.78 Å². The molecule has 110 valence electrons. The summed E-state index contributed by atoms with van der Waals surface area (Å²) in [5.41, 5.74) is 1.22. The van der Waals surface area contributed by atoms with Crippen LogP contribution in [0, 0.1) is 0 Å². The second-order valence-corrected chi connectivity index (χ2v) is 4.64. The lowest BCUT2D eigenvalue weighted by atomic mass is 9.99. The highest BCUT2D eigenvalue weighted by Crippen LogP contribution is 2.25. The first-order chi connectivity index (χ1) is 10.2. The van der Waals surface area contributed by atoms with Gasteiger partial charge in [-0.25, -0.2) is 0 Å². The van der Waals surface area contributed by atoms with Crippen molar-refractivity contribution in [3.8, 4) is 11.5 Å². The fourth-order valence-electron chi connectivity index (χ4n) is 2.12. The van der Waals surface area contributed by atoms with Crippen LogP contribution in [-0.4, -0.2) is 31.2 Å². The standard InChI is InChI=1S/C17H18O4/c1-20-13-8-9-16(21-2)14(11-13)17(19)15(18)10-12-6-4-3-5-7-12/h3-9,11,15,18H,10H2,1-2H3/t15-/m1/s1. The van der Waals surface area contributed by atoms with E-state index in [2.05, 4.69) is 0 Å². The number of Topliss-reactive ketones (excluding diaryl/α,β-unsaturated/α-hetero) is 1. The predicted molar refractivity (Wildman–Crippen MR) is 80.0 cm³/mol. The van der Waals surface area contributed by atoms with Crippen molar-refractivity contribution in [2.45, 2.75) is 12.5 Å². The second kappa shape index (κ2) is 6.90. The molecule has 0 unspecified atom stereocenters. The molecule has 0 bridgehead atoms. The molecule has 21 heavy (non-hydrogen) atoms. The SMILES string of the molecule is COc1ccc(OC)c(C(=O)[C@H](O)Cc2ccccc2)c1. The lowest BCUT2D eigenvalue weighted by molar-refractivity contribution is 0.0744. The Morgan fingerprint density at radius 2 is 1.81 bits per heavy atom. The number of aliphatic hydroxyl groups excluding tert-OH is 1.